The lowest BCUT2D eigenvalue weighted by Gasteiger charge is -2.12. The van der Waals surface area contributed by atoms with Crippen molar-refractivity contribution in [2.24, 2.45) is 0 Å². The van der Waals surface area contributed by atoms with Crippen LogP contribution in [0.15, 0.2) is 48.7 Å². The number of hydrogen-bond donors (Lipinski definition) is 1. The lowest BCUT2D eigenvalue weighted by molar-refractivity contribution is 0.613. The number of hydrogen-bond acceptors (Lipinski definition) is 2. The van der Waals surface area contributed by atoms with E-state index >= 15 is 0 Å². The predicted octanol–water partition coefficient (Wildman–Crippen LogP) is 5.29. The summed E-state index contributed by atoms with van der Waals surface area (Å²) in [4.78, 5) is 4.26. The van der Waals surface area contributed by atoms with Gasteiger partial charge in [-0.1, -0.05) is 29.3 Å². The Labute approximate surface area is 131 Å². The number of nitrogens with one attached hydrogen (secondary N) is 1. The Morgan fingerprint density at radius 2 is 1.86 bits per heavy atom. The van der Waals surface area contributed by atoms with E-state index in [0.717, 1.165) is 11.1 Å². The van der Waals surface area contributed by atoms with E-state index in [1.54, 1.807) is 24.4 Å². The van der Waals surface area contributed by atoms with E-state index < -0.39 is 0 Å². The van der Waals surface area contributed by atoms with Gasteiger partial charge in [-0.3, -0.25) is 4.98 Å². The molecule has 0 saturated heterocycles. The van der Waals surface area contributed by atoms with Crippen molar-refractivity contribution in [3.05, 3.63) is 70.1 Å². The van der Waals surface area contributed by atoms with Crippen molar-refractivity contribution in [2.45, 2.75) is 6.54 Å². The molecular formula is C16H11Cl2FN2. The Morgan fingerprint density at radius 3 is 2.67 bits per heavy atom. The summed E-state index contributed by atoms with van der Waals surface area (Å²) in [5.41, 5.74) is 1.98. The fourth-order valence-corrected chi connectivity index (χ4v) is 2.62. The third kappa shape index (κ3) is 2.80. The predicted molar refractivity (Wildman–Crippen MR) is 85.5 cm³/mol. The molecule has 0 fully saturated rings. The van der Waals surface area contributed by atoms with Crippen LogP contribution in [0.2, 0.25) is 10.0 Å². The van der Waals surface area contributed by atoms with Gasteiger partial charge in [0.15, 0.2) is 0 Å². The van der Waals surface area contributed by atoms with E-state index in [0.29, 0.717) is 21.1 Å². The summed E-state index contributed by atoms with van der Waals surface area (Å²) in [6.45, 7) is 0.289. The maximum atomic E-state index is 13.8. The summed E-state index contributed by atoms with van der Waals surface area (Å²) >= 11 is 12.2. The third-order valence-corrected chi connectivity index (χ3v) is 3.90. The van der Waals surface area contributed by atoms with Gasteiger partial charge in [0.25, 0.3) is 0 Å². The Bertz CT molecular complexity index is 785. The standard InChI is InChI=1S/C16H11Cl2FN2/c17-12-4-1-5-14(19)11(12)9-21-15-7-6-13(18)16-10(15)3-2-8-20-16/h1-8,21H,9H2. The largest absolute Gasteiger partial charge is 0.380 e. The normalized spacial score (nSPS) is 10.8. The van der Waals surface area contributed by atoms with Crippen molar-refractivity contribution >= 4 is 39.8 Å². The number of benzene rings is 2. The summed E-state index contributed by atoms with van der Waals surface area (Å²) in [5, 5.41) is 5.06. The molecule has 3 aromatic rings. The monoisotopic (exact) mass is 320 g/mol. The second-order valence-electron chi connectivity index (χ2n) is 4.55. The lowest BCUT2D eigenvalue weighted by Crippen LogP contribution is -2.03. The topological polar surface area (TPSA) is 24.9 Å². The molecule has 0 aliphatic carbocycles. The summed E-state index contributed by atoms with van der Waals surface area (Å²) < 4.78 is 13.8. The second kappa shape index (κ2) is 5.88. The Morgan fingerprint density at radius 1 is 1.00 bits per heavy atom. The number of anilines is 1. The van der Waals surface area contributed by atoms with Crippen LogP contribution in [0.5, 0.6) is 0 Å². The maximum Gasteiger partial charge on any atom is 0.129 e. The molecule has 5 heteroatoms. The molecule has 21 heavy (non-hydrogen) atoms. The molecule has 0 amide bonds. The highest BCUT2D eigenvalue weighted by molar-refractivity contribution is 6.35. The van der Waals surface area contributed by atoms with Crippen LogP contribution in [0.1, 0.15) is 5.56 Å². The zero-order valence-electron chi connectivity index (χ0n) is 10.9. The van der Waals surface area contributed by atoms with Gasteiger partial charge in [-0.05, 0) is 36.4 Å². The van der Waals surface area contributed by atoms with Crippen LogP contribution in [-0.2, 0) is 6.54 Å². The van der Waals surface area contributed by atoms with Crippen LogP contribution < -0.4 is 5.32 Å². The Kier molecular flexibility index (Phi) is 3.95. The molecule has 0 atom stereocenters. The van der Waals surface area contributed by atoms with Crippen molar-refractivity contribution in [2.75, 3.05) is 5.32 Å². The smallest absolute Gasteiger partial charge is 0.129 e. The van der Waals surface area contributed by atoms with E-state index in [2.05, 4.69) is 10.3 Å². The molecule has 0 radical (unpaired) electrons. The van der Waals surface area contributed by atoms with Crippen LogP contribution >= 0.6 is 23.2 Å². The van der Waals surface area contributed by atoms with E-state index in [1.165, 1.54) is 6.07 Å². The first kappa shape index (κ1) is 14.1. The van der Waals surface area contributed by atoms with Crippen molar-refractivity contribution in [3.63, 3.8) is 0 Å². The van der Waals surface area contributed by atoms with Crippen LogP contribution in [0.3, 0.4) is 0 Å². The van der Waals surface area contributed by atoms with Gasteiger partial charge < -0.3 is 5.32 Å². The minimum absolute atomic E-state index is 0.289. The van der Waals surface area contributed by atoms with E-state index in [4.69, 9.17) is 23.2 Å². The minimum atomic E-state index is -0.327. The van der Waals surface area contributed by atoms with Gasteiger partial charge in [0.05, 0.1) is 10.5 Å². The molecule has 0 aliphatic heterocycles. The Balaban J connectivity index is 1.94. The van der Waals surface area contributed by atoms with Crippen molar-refractivity contribution in [3.8, 4) is 0 Å². The molecule has 2 nitrogen and oxygen atoms in total. The van der Waals surface area contributed by atoms with Crippen LogP contribution in [0.4, 0.5) is 10.1 Å². The highest BCUT2D eigenvalue weighted by Gasteiger charge is 2.09. The maximum absolute atomic E-state index is 13.8. The zero-order chi connectivity index (χ0) is 14.8. The van der Waals surface area contributed by atoms with Crippen LogP contribution in [0.25, 0.3) is 10.9 Å². The molecular weight excluding hydrogens is 310 g/mol. The molecule has 1 N–H and O–H groups in total. The van der Waals surface area contributed by atoms with Gasteiger partial charge in [0.1, 0.15) is 5.82 Å². The molecule has 0 saturated carbocycles. The summed E-state index contributed by atoms with van der Waals surface area (Å²) in [6, 6.07) is 12.0. The molecule has 2 aromatic carbocycles. The van der Waals surface area contributed by atoms with Gasteiger partial charge in [0, 0.05) is 34.4 Å². The first-order valence-corrected chi connectivity index (χ1v) is 7.12. The molecule has 0 spiro atoms. The first-order valence-electron chi connectivity index (χ1n) is 6.37. The van der Waals surface area contributed by atoms with Gasteiger partial charge in [-0.15, -0.1) is 0 Å². The van der Waals surface area contributed by atoms with Crippen molar-refractivity contribution in [1.82, 2.24) is 4.98 Å². The van der Waals surface area contributed by atoms with Gasteiger partial charge in [-0.25, -0.2) is 4.39 Å². The number of nitrogens with zero attached hydrogens (tertiary/aromatic N) is 1. The fourth-order valence-electron chi connectivity index (χ4n) is 2.18. The highest BCUT2D eigenvalue weighted by Crippen LogP contribution is 2.29. The molecule has 106 valence electrons. The minimum Gasteiger partial charge on any atom is -0.380 e. The number of pyridine rings is 1. The molecule has 1 heterocycles. The van der Waals surface area contributed by atoms with E-state index in [9.17, 15) is 4.39 Å². The number of aromatic nitrogens is 1. The summed E-state index contributed by atoms with van der Waals surface area (Å²) in [6.07, 6.45) is 1.69. The quantitative estimate of drug-likeness (QED) is 0.709. The van der Waals surface area contributed by atoms with Crippen LogP contribution in [-0.4, -0.2) is 4.98 Å². The molecule has 3 rings (SSSR count). The van der Waals surface area contributed by atoms with Gasteiger partial charge >= 0.3 is 0 Å². The summed E-state index contributed by atoms with van der Waals surface area (Å²) in [7, 11) is 0. The van der Waals surface area contributed by atoms with Gasteiger partial charge in [-0.2, -0.15) is 0 Å². The van der Waals surface area contributed by atoms with Crippen molar-refractivity contribution < 1.29 is 4.39 Å². The molecule has 0 unspecified atom stereocenters. The van der Waals surface area contributed by atoms with Crippen molar-refractivity contribution in [1.29, 1.82) is 0 Å². The van der Waals surface area contributed by atoms with Crippen LogP contribution in [0, 0.1) is 5.82 Å². The molecule has 1 aromatic heterocycles. The Hall–Kier alpha value is -1.84. The second-order valence-corrected chi connectivity index (χ2v) is 5.36. The highest BCUT2D eigenvalue weighted by atomic mass is 35.5. The van der Waals surface area contributed by atoms with E-state index in [-0.39, 0.29) is 12.4 Å². The van der Waals surface area contributed by atoms with E-state index in [1.807, 2.05) is 18.2 Å². The molecule has 0 aliphatic rings. The number of halogens is 3. The summed E-state index contributed by atoms with van der Waals surface area (Å²) in [5.74, 6) is -0.327. The average Bonchev–Trinajstić information content (AvgIpc) is 2.49. The number of rotatable bonds is 3. The molecule has 0 bridgehead atoms. The fraction of sp³-hybridized carbons (Fsp3) is 0.0625. The first-order chi connectivity index (χ1) is 10.2. The third-order valence-electron chi connectivity index (χ3n) is 3.24. The average molecular weight is 321 g/mol. The SMILES string of the molecule is Fc1cccc(Cl)c1CNc1ccc(Cl)c2ncccc12. The zero-order valence-corrected chi connectivity index (χ0v) is 12.4. The van der Waals surface area contributed by atoms with Gasteiger partial charge in [0.2, 0.25) is 0 Å². The number of fused-ring (bicyclic) bond motifs is 1. The lowest BCUT2D eigenvalue weighted by atomic mass is 10.1.